The zero-order chi connectivity index (χ0) is 28.3. The van der Waals surface area contributed by atoms with Crippen LogP contribution < -0.4 is 4.74 Å². The third-order valence-electron chi connectivity index (χ3n) is 7.57. The number of esters is 1. The lowest BCUT2D eigenvalue weighted by Crippen LogP contribution is -2.36. The molecular formula is C30H30N6O5. The Morgan fingerprint density at radius 2 is 1.90 bits per heavy atom. The largest absolute Gasteiger partial charge is 0.497 e. The summed E-state index contributed by atoms with van der Waals surface area (Å²) in [5.41, 5.74) is 2.86. The first kappa shape index (κ1) is 26.6. The molecule has 2 saturated heterocycles. The van der Waals surface area contributed by atoms with Gasteiger partial charge in [-0.05, 0) is 36.2 Å². The fourth-order valence-corrected chi connectivity index (χ4v) is 5.48. The highest BCUT2D eigenvalue weighted by molar-refractivity contribution is 6.18. The Kier molecular flexibility index (Phi) is 7.43. The molecule has 3 aliphatic rings. The van der Waals surface area contributed by atoms with Crippen LogP contribution in [-0.2, 0) is 11.3 Å². The van der Waals surface area contributed by atoms with Crippen LogP contribution in [0.4, 0.5) is 11.4 Å². The molecule has 210 valence electrons. The highest BCUT2D eigenvalue weighted by Crippen LogP contribution is 2.34. The van der Waals surface area contributed by atoms with E-state index in [0.717, 1.165) is 36.5 Å². The number of nitrogens with zero attached hydrogens (tertiary/aromatic N) is 6. The number of ether oxygens (including phenoxy) is 2. The molecule has 0 bridgehead atoms. The van der Waals surface area contributed by atoms with E-state index in [1.54, 1.807) is 42.7 Å². The number of likely N-dealkylation sites (tertiary alicyclic amines) is 2. The van der Waals surface area contributed by atoms with E-state index in [9.17, 15) is 14.7 Å². The molecule has 3 aliphatic heterocycles. The number of rotatable bonds is 8. The van der Waals surface area contributed by atoms with Crippen LogP contribution in [0.2, 0.25) is 0 Å². The number of benzene rings is 1. The third kappa shape index (κ3) is 5.40. The van der Waals surface area contributed by atoms with Crippen molar-refractivity contribution in [2.75, 3.05) is 33.4 Å². The number of β-amino-alcohol motifs (C(OH)–C–C–N with tert-alkyl or cyclic N) is 1. The molecule has 41 heavy (non-hydrogen) atoms. The van der Waals surface area contributed by atoms with Gasteiger partial charge in [0.1, 0.15) is 29.9 Å². The average Bonchev–Trinajstić information content (AvgIpc) is 3.56. The number of fused-ring (bicyclic) bond motifs is 2. The Labute approximate surface area is 237 Å². The van der Waals surface area contributed by atoms with E-state index in [2.05, 4.69) is 19.9 Å². The molecule has 0 radical (unpaired) electrons. The normalized spacial score (nSPS) is 20.6. The van der Waals surface area contributed by atoms with E-state index < -0.39 is 18.0 Å². The smallest absolute Gasteiger partial charge is 0.340 e. The minimum absolute atomic E-state index is 0.0489. The predicted octanol–water partition coefficient (Wildman–Crippen LogP) is 3.19. The number of aromatic nitrogens is 2. The second kappa shape index (κ2) is 11.5. The molecule has 6 rings (SSSR count). The molecule has 1 N–H and O–H groups in total. The van der Waals surface area contributed by atoms with Crippen molar-refractivity contribution in [3.8, 4) is 5.75 Å². The second-order valence-corrected chi connectivity index (χ2v) is 10.1. The highest BCUT2D eigenvalue weighted by Gasteiger charge is 2.45. The number of amidine groups is 2. The van der Waals surface area contributed by atoms with Crippen LogP contribution in [0.3, 0.4) is 0 Å². The number of aliphatic hydroxyl groups is 1. The lowest BCUT2D eigenvalue weighted by atomic mass is 9.91. The number of hydrogen-bond donors (Lipinski definition) is 1. The summed E-state index contributed by atoms with van der Waals surface area (Å²) in [5, 5.41) is 10.6. The van der Waals surface area contributed by atoms with Crippen molar-refractivity contribution in [2.45, 2.75) is 25.5 Å². The molecule has 0 amide bonds. The van der Waals surface area contributed by atoms with Gasteiger partial charge in [0.05, 0.1) is 49.1 Å². The van der Waals surface area contributed by atoms with Gasteiger partial charge in [0.25, 0.3) is 0 Å². The number of methoxy groups -OCH3 is 1. The Morgan fingerprint density at radius 1 is 1.10 bits per heavy atom. The van der Waals surface area contributed by atoms with E-state index >= 15 is 0 Å². The quantitative estimate of drug-likeness (QED) is 0.417. The summed E-state index contributed by atoms with van der Waals surface area (Å²) >= 11 is 0. The van der Waals surface area contributed by atoms with Crippen molar-refractivity contribution in [3.05, 3.63) is 77.9 Å². The highest BCUT2D eigenvalue weighted by atomic mass is 16.5. The number of ketones is 1. The molecule has 1 unspecified atom stereocenters. The fraction of sp³-hybridized carbons (Fsp3) is 0.333. The fourth-order valence-electron chi connectivity index (χ4n) is 5.48. The summed E-state index contributed by atoms with van der Waals surface area (Å²) in [6.07, 6.45) is 7.09. The summed E-state index contributed by atoms with van der Waals surface area (Å²) in [6, 6.07) is 11.2. The van der Waals surface area contributed by atoms with E-state index in [1.165, 1.54) is 6.20 Å². The minimum atomic E-state index is -0.881. The molecular weight excluding hydrogens is 524 g/mol. The summed E-state index contributed by atoms with van der Waals surface area (Å²) < 4.78 is 10.9. The van der Waals surface area contributed by atoms with E-state index in [0.29, 0.717) is 34.9 Å². The van der Waals surface area contributed by atoms with Crippen molar-refractivity contribution in [3.63, 3.8) is 0 Å². The monoisotopic (exact) mass is 554 g/mol. The van der Waals surface area contributed by atoms with Gasteiger partial charge < -0.3 is 24.4 Å². The first-order valence-electron chi connectivity index (χ1n) is 13.6. The standard InChI is InChI=1S/C30H30N6O5/c1-40-20-6-4-19(5-7-20)17-35-12-2-3-26(35)33-24-16-32-11-9-22(24)30(39)41-14-13-36-18-25(37)27-28(38)21-8-10-31-15-23(21)34-29(27)36/h4-11,15-16,25,27,37H,2-3,12-14,17-18H2,1H3/t25-,27?/m1/s1. The number of pyridine rings is 2. The average molecular weight is 555 g/mol. The SMILES string of the molecule is COc1ccc(CN2CCCC2=Nc2cnccc2C(=O)OCCN2C[C@@H](O)C3C(=O)c4ccncc4N=C32)cc1. The third-order valence-corrected chi connectivity index (χ3v) is 7.57. The van der Waals surface area contributed by atoms with E-state index in [4.69, 9.17) is 14.5 Å². The summed E-state index contributed by atoms with van der Waals surface area (Å²) in [6.45, 7) is 2.14. The number of hydrogen-bond acceptors (Lipinski definition) is 10. The van der Waals surface area contributed by atoms with Gasteiger partial charge in [0, 0.05) is 44.0 Å². The van der Waals surface area contributed by atoms with Gasteiger partial charge in [0.2, 0.25) is 0 Å². The number of Topliss-reactive ketones (excluding diaryl/α,β-unsaturated/α-hetero) is 1. The summed E-state index contributed by atoms with van der Waals surface area (Å²) in [4.78, 5) is 47.7. The number of aliphatic hydroxyl groups excluding tert-OH is 1. The number of carbonyl (C=O) groups is 2. The van der Waals surface area contributed by atoms with Crippen molar-refractivity contribution in [1.82, 2.24) is 19.8 Å². The zero-order valence-electron chi connectivity index (χ0n) is 22.6. The topological polar surface area (TPSA) is 130 Å². The molecule has 2 atom stereocenters. The number of aliphatic imine (C=N–C) groups is 2. The molecule has 5 heterocycles. The van der Waals surface area contributed by atoms with Gasteiger partial charge in [-0.25, -0.2) is 14.8 Å². The van der Waals surface area contributed by atoms with Gasteiger partial charge in [0.15, 0.2) is 5.78 Å². The van der Waals surface area contributed by atoms with Gasteiger partial charge in [-0.15, -0.1) is 0 Å². The maximum Gasteiger partial charge on any atom is 0.340 e. The molecule has 2 fully saturated rings. The lowest BCUT2D eigenvalue weighted by Gasteiger charge is -2.23. The van der Waals surface area contributed by atoms with Gasteiger partial charge in [-0.1, -0.05) is 12.1 Å². The van der Waals surface area contributed by atoms with Crippen molar-refractivity contribution in [2.24, 2.45) is 15.9 Å². The Balaban J connectivity index is 1.12. The molecule has 3 aromatic rings. The van der Waals surface area contributed by atoms with Crippen LogP contribution in [0.15, 0.2) is 71.2 Å². The summed E-state index contributed by atoms with van der Waals surface area (Å²) in [5.74, 6) is 0.774. The molecule has 0 saturated carbocycles. The van der Waals surface area contributed by atoms with Gasteiger partial charge in [-0.2, -0.15) is 0 Å². The zero-order valence-corrected chi connectivity index (χ0v) is 22.6. The molecule has 0 spiro atoms. The van der Waals surface area contributed by atoms with Crippen LogP contribution >= 0.6 is 0 Å². The lowest BCUT2D eigenvalue weighted by molar-refractivity contribution is 0.0483. The maximum absolute atomic E-state index is 13.1. The van der Waals surface area contributed by atoms with E-state index in [1.807, 2.05) is 24.3 Å². The van der Waals surface area contributed by atoms with E-state index in [-0.39, 0.29) is 25.5 Å². The van der Waals surface area contributed by atoms with Crippen LogP contribution in [0.5, 0.6) is 5.75 Å². The van der Waals surface area contributed by atoms with Crippen molar-refractivity contribution in [1.29, 1.82) is 0 Å². The van der Waals surface area contributed by atoms with Gasteiger partial charge in [-0.3, -0.25) is 14.8 Å². The van der Waals surface area contributed by atoms with Crippen LogP contribution in [0, 0.1) is 5.92 Å². The molecule has 11 nitrogen and oxygen atoms in total. The molecule has 2 aromatic heterocycles. The predicted molar refractivity (Wildman–Crippen MR) is 151 cm³/mol. The summed E-state index contributed by atoms with van der Waals surface area (Å²) in [7, 11) is 1.65. The van der Waals surface area contributed by atoms with Crippen LogP contribution in [0.1, 0.15) is 39.1 Å². The van der Waals surface area contributed by atoms with Crippen LogP contribution in [0.25, 0.3) is 0 Å². The van der Waals surface area contributed by atoms with Gasteiger partial charge >= 0.3 is 5.97 Å². The Bertz CT molecular complexity index is 1520. The number of carbonyl (C=O) groups excluding carboxylic acids is 2. The minimum Gasteiger partial charge on any atom is -0.497 e. The van der Waals surface area contributed by atoms with Crippen LogP contribution in [-0.4, -0.2) is 87.8 Å². The first-order valence-corrected chi connectivity index (χ1v) is 13.6. The molecule has 11 heteroatoms. The Hall–Kier alpha value is -4.64. The Morgan fingerprint density at radius 3 is 2.73 bits per heavy atom. The van der Waals surface area contributed by atoms with Crippen molar-refractivity contribution < 1.29 is 24.2 Å². The molecule has 1 aromatic carbocycles. The molecule has 0 aliphatic carbocycles. The maximum atomic E-state index is 13.1. The van der Waals surface area contributed by atoms with Crippen molar-refractivity contribution >= 4 is 34.8 Å². The first-order chi connectivity index (χ1) is 20.0. The second-order valence-electron chi connectivity index (χ2n) is 10.1.